The van der Waals surface area contributed by atoms with Crippen molar-refractivity contribution in [1.29, 1.82) is 0 Å². The minimum absolute atomic E-state index is 0.124. The third-order valence-corrected chi connectivity index (χ3v) is 9.20. The largest absolute Gasteiger partial charge is 0.497 e. The van der Waals surface area contributed by atoms with Crippen LogP contribution in [0.15, 0.2) is 18.2 Å². The van der Waals surface area contributed by atoms with Gasteiger partial charge in [-0.2, -0.15) is 0 Å². The summed E-state index contributed by atoms with van der Waals surface area (Å²) in [5, 5.41) is 3.03. The fourth-order valence-corrected chi connectivity index (χ4v) is 3.14. The van der Waals surface area contributed by atoms with Crippen molar-refractivity contribution >= 4 is 19.9 Å². The van der Waals surface area contributed by atoms with Crippen LogP contribution in [0.4, 0.5) is 5.69 Å². The van der Waals surface area contributed by atoms with Gasteiger partial charge >= 0.3 is 0 Å². The summed E-state index contributed by atoms with van der Waals surface area (Å²) in [6, 6.07) is 5.37. The Kier molecular flexibility index (Phi) is 5.06. The van der Waals surface area contributed by atoms with E-state index in [1.165, 1.54) is 0 Å². The summed E-state index contributed by atoms with van der Waals surface area (Å²) in [4.78, 5) is 12.2. The van der Waals surface area contributed by atoms with Gasteiger partial charge in [-0.25, -0.2) is 0 Å². The van der Waals surface area contributed by atoms with E-state index in [4.69, 9.17) is 13.9 Å². The van der Waals surface area contributed by atoms with Crippen molar-refractivity contribution < 1.29 is 18.7 Å². The topological polar surface area (TPSA) is 56.8 Å². The highest BCUT2D eigenvalue weighted by Crippen LogP contribution is 2.37. The molecule has 1 aliphatic rings. The van der Waals surface area contributed by atoms with E-state index in [1.54, 1.807) is 25.3 Å². The Balaban J connectivity index is 1.98. The molecule has 1 unspecified atom stereocenters. The third kappa shape index (κ3) is 4.06. The maximum Gasteiger partial charge on any atom is 0.265 e. The van der Waals surface area contributed by atoms with E-state index in [2.05, 4.69) is 39.2 Å². The lowest BCUT2D eigenvalue weighted by Gasteiger charge is -2.36. The van der Waals surface area contributed by atoms with Gasteiger partial charge in [-0.15, -0.1) is 0 Å². The Labute approximate surface area is 139 Å². The lowest BCUT2D eigenvalue weighted by atomic mass is 10.1. The zero-order valence-electron chi connectivity index (χ0n) is 14.9. The normalized spacial score (nSPS) is 18.0. The summed E-state index contributed by atoms with van der Waals surface area (Å²) < 4.78 is 17.2. The average molecular weight is 337 g/mol. The Bertz CT molecular complexity index is 580. The summed E-state index contributed by atoms with van der Waals surface area (Å²) in [5.74, 6) is 1.22. The molecule has 0 spiro atoms. The average Bonchev–Trinajstić information content (AvgIpc) is 2.46. The summed E-state index contributed by atoms with van der Waals surface area (Å²) in [6.07, 6.45) is 0.00834. The van der Waals surface area contributed by atoms with E-state index in [1.807, 2.05) is 0 Å². The monoisotopic (exact) mass is 337 g/mol. The molecule has 5 nitrogen and oxygen atoms in total. The maximum absolute atomic E-state index is 12.2. The highest BCUT2D eigenvalue weighted by molar-refractivity contribution is 6.74. The van der Waals surface area contributed by atoms with Crippen LogP contribution in [0.2, 0.25) is 18.1 Å². The van der Waals surface area contributed by atoms with Gasteiger partial charge in [0.1, 0.15) is 11.5 Å². The van der Waals surface area contributed by atoms with Gasteiger partial charge in [-0.1, -0.05) is 20.8 Å². The molecule has 0 saturated carbocycles. The first kappa shape index (κ1) is 17.8. The van der Waals surface area contributed by atoms with E-state index >= 15 is 0 Å². The fraction of sp³-hybridized carbons (Fsp3) is 0.588. The number of fused-ring (bicyclic) bond motifs is 1. The Morgan fingerprint density at radius 2 is 2.00 bits per heavy atom. The molecule has 1 aromatic rings. The number of benzene rings is 1. The van der Waals surface area contributed by atoms with Crippen molar-refractivity contribution in [2.24, 2.45) is 0 Å². The minimum atomic E-state index is -1.81. The second-order valence-electron chi connectivity index (χ2n) is 7.36. The molecule has 0 aliphatic carbocycles. The number of rotatable bonds is 5. The van der Waals surface area contributed by atoms with E-state index in [0.717, 1.165) is 0 Å². The number of ether oxygens (including phenoxy) is 2. The molecular formula is C17H27NO4Si. The van der Waals surface area contributed by atoms with Gasteiger partial charge in [0.2, 0.25) is 0 Å². The molecule has 0 bridgehead atoms. The second-order valence-corrected chi connectivity index (χ2v) is 12.2. The molecule has 6 heteroatoms. The first-order valence-electron chi connectivity index (χ1n) is 7.93. The molecule has 0 radical (unpaired) electrons. The number of hydrogen-bond acceptors (Lipinski definition) is 4. The number of carbonyl (C=O) groups is 1. The molecule has 1 amide bonds. The van der Waals surface area contributed by atoms with Crippen molar-refractivity contribution in [2.45, 2.75) is 51.4 Å². The van der Waals surface area contributed by atoms with Crippen LogP contribution in [0.25, 0.3) is 0 Å². The lowest BCUT2D eigenvalue weighted by molar-refractivity contribution is -0.124. The predicted molar refractivity (Wildman–Crippen MR) is 93.8 cm³/mol. The predicted octanol–water partition coefficient (Wildman–Crippen LogP) is 3.81. The molecule has 2 rings (SSSR count). The van der Waals surface area contributed by atoms with E-state index < -0.39 is 14.4 Å². The smallest absolute Gasteiger partial charge is 0.265 e. The van der Waals surface area contributed by atoms with Gasteiger partial charge in [0.25, 0.3) is 5.91 Å². The minimum Gasteiger partial charge on any atom is -0.497 e. The Morgan fingerprint density at radius 1 is 1.30 bits per heavy atom. The molecule has 1 heterocycles. The molecule has 0 saturated heterocycles. The van der Waals surface area contributed by atoms with Crippen LogP contribution in [-0.4, -0.2) is 34.0 Å². The number of methoxy groups -OCH3 is 1. The van der Waals surface area contributed by atoms with E-state index in [-0.39, 0.29) is 10.9 Å². The van der Waals surface area contributed by atoms with Gasteiger partial charge in [0.05, 0.1) is 12.8 Å². The van der Waals surface area contributed by atoms with Gasteiger partial charge in [-0.05, 0) is 30.3 Å². The zero-order chi connectivity index (χ0) is 17.3. The van der Waals surface area contributed by atoms with Crippen LogP contribution < -0.4 is 14.8 Å². The quantitative estimate of drug-likeness (QED) is 0.830. The Hall–Kier alpha value is -1.53. The molecule has 0 aromatic heterocycles. The van der Waals surface area contributed by atoms with Gasteiger partial charge < -0.3 is 19.2 Å². The molecule has 128 valence electrons. The number of hydrogen-bond donors (Lipinski definition) is 1. The van der Waals surface area contributed by atoms with Gasteiger partial charge in [0.15, 0.2) is 14.4 Å². The van der Waals surface area contributed by atoms with Crippen LogP contribution in [0, 0.1) is 0 Å². The number of anilines is 1. The molecular weight excluding hydrogens is 310 g/mol. The maximum atomic E-state index is 12.2. The van der Waals surface area contributed by atoms with Crippen LogP contribution in [0.5, 0.6) is 11.5 Å². The first-order chi connectivity index (χ1) is 10.6. The van der Waals surface area contributed by atoms with Crippen molar-refractivity contribution in [2.75, 3.05) is 19.0 Å². The third-order valence-electron chi connectivity index (χ3n) is 4.66. The SMILES string of the molecule is COc1ccc2c(c1)OC(CCO[Si](C)(C)C(C)(C)C)C(=O)N2. The van der Waals surface area contributed by atoms with Crippen molar-refractivity contribution in [1.82, 2.24) is 0 Å². The molecule has 1 aliphatic heterocycles. The summed E-state index contributed by atoms with van der Waals surface area (Å²) in [6.45, 7) is 11.5. The zero-order valence-corrected chi connectivity index (χ0v) is 15.9. The van der Waals surface area contributed by atoms with Crippen LogP contribution in [0.1, 0.15) is 27.2 Å². The summed E-state index contributed by atoms with van der Waals surface area (Å²) in [5.41, 5.74) is 0.678. The second kappa shape index (κ2) is 6.53. The number of amides is 1. The van der Waals surface area contributed by atoms with Gasteiger partial charge in [-0.3, -0.25) is 4.79 Å². The molecule has 1 aromatic carbocycles. The van der Waals surface area contributed by atoms with Crippen LogP contribution >= 0.6 is 0 Å². The number of nitrogens with one attached hydrogen (secondary N) is 1. The van der Waals surface area contributed by atoms with Crippen molar-refractivity contribution in [3.8, 4) is 11.5 Å². The molecule has 0 fully saturated rings. The van der Waals surface area contributed by atoms with Gasteiger partial charge in [0, 0.05) is 19.1 Å². The molecule has 1 N–H and O–H groups in total. The first-order valence-corrected chi connectivity index (χ1v) is 10.8. The fourth-order valence-electron chi connectivity index (χ4n) is 2.08. The van der Waals surface area contributed by atoms with Crippen LogP contribution in [-0.2, 0) is 9.22 Å². The molecule has 1 atom stereocenters. The van der Waals surface area contributed by atoms with E-state index in [9.17, 15) is 4.79 Å². The highest BCUT2D eigenvalue weighted by Gasteiger charge is 2.37. The highest BCUT2D eigenvalue weighted by atomic mass is 28.4. The van der Waals surface area contributed by atoms with Crippen molar-refractivity contribution in [3.63, 3.8) is 0 Å². The Morgan fingerprint density at radius 3 is 2.61 bits per heavy atom. The number of carbonyl (C=O) groups excluding carboxylic acids is 1. The van der Waals surface area contributed by atoms with E-state index in [0.29, 0.717) is 30.2 Å². The summed E-state index contributed by atoms with van der Waals surface area (Å²) >= 11 is 0. The van der Waals surface area contributed by atoms with Crippen LogP contribution in [0.3, 0.4) is 0 Å². The standard InChI is InChI=1S/C17H27NO4Si/c1-17(2,3)23(5,6)21-10-9-14-16(19)18-13-8-7-12(20-4)11-15(13)22-14/h7-8,11,14H,9-10H2,1-6H3,(H,18,19). The lowest BCUT2D eigenvalue weighted by Crippen LogP contribution is -2.43. The van der Waals surface area contributed by atoms with Crippen molar-refractivity contribution in [3.05, 3.63) is 18.2 Å². The summed E-state index contributed by atoms with van der Waals surface area (Å²) in [7, 11) is -0.200. The molecule has 23 heavy (non-hydrogen) atoms.